The van der Waals surface area contributed by atoms with Crippen LogP contribution in [0.4, 0.5) is 34.1 Å². The van der Waals surface area contributed by atoms with Crippen molar-refractivity contribution in [2.75, 3.05) is 9.80 Å². The molecular weight excluding hydrogens is 850 g/mol. The molecule has 9 aromatic rings. The monoisotopic (exact) mass is 918 g/mol. The first kappa shape index (κ1) is 44.7. The van der Waals surface area contributed by atoms with Gasteiger partial charge in [0.25, 0.3) is 6.71 Å². The molecule has 12 rings (SSSR count). The lowest BCUT2D eigenvalue weighted by molar-refractivity contribution is 0.332. The minimum absolute atomic E-state index is 0.0142. The molecule has 0 unspecified atom stereocenters. The summed E-state index contributed by atoms with van der Waals surface area (Å²) in [6, 6.07) is 51.6. The quantitative estimate of drug-likeness (QED) is 0.164. The van der Waals surface area contributed by atoms with Gasteiger partial charge in [-0.2, -0.15) is 0 Å². The van der Waals surface area contributed by atoms with Gasteiger partial charge in [-0.25, -0.2) is 0 Å². The van der Waals surface area contributed by atoms with E-state index in [1.165, 1.54) is 95.2 Å². The maximum atomic E-state index is 6.98. The molecule has 7 aromatic carbocycles. The van der Waals surface area contributed by atoms with Crippen LogP contribution in [0.2, 0.25) is 0 Å². The van der Waals surface area contributed by atoms with Gasteiger partial charge >= 0.3 is 0 Å². The van der Waals surface area contributed by atoms with Gasteiger partial charge in [0.05, 0.1) is 10.9 Å². The van der Waals surface area contributed by atoms with E-state index in [1.807, 2.05) is 0 Å². The van der Waals surface area contributed by atoms with E-state index in [0.717, 1.165) is 40.2 Å². The highest BCUT2D eigenvalue weighted by atomic mass is 16.3. The molecule has 0 bridgehead atoms. The number of hydrogen-bond donors (Lipinski definition) is 0. The molecule has 5 heteroatoms. The van der Waals surface area contributed by atoms with E-state index < -0.39 is 0 Å². The van der Waals surface area contributed by atoms with Crippen LogP contribution in [-0.2, 0) is 27.1 Å². The number of fused-ring (bicyclic) bond motifs is 10. The third-order valence-electron chi connectivity index (χ3n) is 16.6. The van der Waals surface area contributed by atoms with Crippen molar-refractivity contribution in [3.63, 3.8) is 0 Å². The molecule has 70 heavy (non-hydrogen) atoms. The van der Waals surface area contributed by atoms with E-state index in [4.69, 9.17) is 4.42 Å². The molecular formula is C65H68BN3O. The summed E-state index contributed by atoms with van der Waals surface area (Å²) in [7, 11) is 0. The first-order valence-electron chi connectivity index (χ1n) is 25.8. The molecule has 352 valence electrons. The topological polar surface area (TPSA) is 24.6 Å². The molecule has 1 aliphatic carbocycles. The second-order valence-electron chi connectivity index (χ2n) is 25.4. The fourth-order valence-corrected chi connectivity index (χ4v) is 12.3. The molecule has 0 spiro atoms. The van der Waals surface area contributed by atoms with Gasteiger partial charge in [-0.1, -0.05) is 163 Å². The molecule has 0 fully saturated rings. The summed E-state index contributed by atoms with van der Waals surface area (Å²) in [5.74, 6) is 0. The SMILES string of the molecule is Cc1cc2c(cc1N1c3cc(N(c4ccc(C(C)(C)C)cc4)c4ccc(C(C)(C)C)cc4)ccc3B3c4c1cc(C(C)(C)C)cc4-n1c4oc5ccccc5c4c4cccc3c41)C(C)(C)CCC2(C)C. The maximum absolute atomic E-state index is 6.98. The molecule has 2 aliphatic heterocycles. The van der Waals surface area contributed by atoms with Crippen molar-refractivity contribution in [2.24, 2.45) is 0 Å². The van der Waals surface area contributed by atoms with E-state index >= 15 is 0 Å². The second kappa shape index (κ2) is 14.8. The lowest BCUT2D eigenvalue weighted by Gasteiger charge is -2.45. The largest absolute Gasteiger partial charge is 0.439 e. The molecule has 4 nitrogen and oxygen atoms in total. The summed E-state index contributed by atoms with van der Waals surface area (Å²) in [4.78, 5) is 5.14. The Labute approximate surface area is 416 Å². The van der Waals surface area contributed by atoms with Crippen LogP contribution in [0.1, 0.15) is 136 Å². The highest BCUT2D eigenvalue weighted by Crippen LogP contribution is 2.52. The van der Waals surface area contributed by atoms with Crippen LogP contribution in [0.15, 0.2) is 138 Å². The average molecular weight is 918 g/mol. The smallest absolute Gasteiger partial charge is 0.252 e. The summed E-state index contributed by atoms with van der Waals surface area (Å²) < 4.78 is 9.47. The van der Waals surface area contributed by atoms with E-state index in [1.54, 1.807) is 0 Å². The van der Waals surface area contributed by atoms with Gasteiger partial charge in [-0.05, 0) is 157 Å². The number of nitrogens with zero attached hydrogens (tertiary/aromatic N) is 3. The van der Waals surface area contributed by atoms with Crippen LogP contribution in [0.3, 0.4) is 0 Å². The average Bonchev–Trinajstić information content (AvgIpc) is 3.84. The Kier molecular flexibility index (Phi) is 9.45. The molecule has 4 heterocycles. The van der Waals surface area contributed by atoms with Crippen molar-refractivity contribution >= 4 is 90.2 Å². The second-order valence-corrected chi connectivity index (χ2v) is 25.4. The van der Waals surface area contributed by atoms with Crippen molar-refractivity contribution in [3.05, 3.63) is 167 Å². The van der Waals surface area contributed by atoms with Crippen LogP contribution in [0, 0.1) is 6.92 Å². The van der Waals surface area contributed by atoms with E-state index in [9.17, 15) is 0 Å². The van der Waals surface area contributed by atoms with E-state index in [2.05, 4.69) is 245 Å². The summed E-state index contributed by atoms with van der Waals surface area (Å²) in [6.45, 7) is 33.0. The molecule has 3 aliphatic rings. The van der Waals surface area contributed by atoms with Gasteiger partial charge in [0.2, 0.25) is 5.71 Å². The highest BCUT2D eigenvalue weighted by molar-refractivity contribution is 7.00. The van der Waals surface area contributed by atoms with Gasteiger partial charge in [-0.15, -0.1) is 0 Å². The lowest BCUT2D eigenvalue weighted by Crippen LogP contribution is -2.60. The van der Waals surface area contributed by atoms with Crippen LogP contribution >= 0.6 is 0 Å². The Balaban J connectivity index is 1.19. The van der Waals surface area contributed by atoms with E-state index in [0.29, 0.717) is 0 Å². The Morgan fingerprint density at radius 3 is 1.69 bits per heavy atom. The van der Waals surface area contributed by atoms with Crippen molar-refractivity contribution in [1.29, 1.82) is 0 Å². The number of rotatable bonds is 4. The number of furan rings is 1. The number of para-hydroxylation sites is 2. The Bertz CT molecular complexity index is 3560. The molecule has 0 saturated heterocycles. The summed E-state index contributed by atoms with van der Waals surface area (Å²) in [5, 5.41) is 3.59. The fraction of sp³-hybridized carbons (Fsp3) is 0.323. The minimum atomic E-state index is -0.142. The zero-order valence-electron chi connectivity index (χ0n) is 43.9. The number of aryl methyl sites for hydroxylation is 1. The van der Waals surface area contributed by atoms with Crippen LogP contribution in [0.25, 0.3) is 38.7 Å². The van der Waals surface area contributed by atoms with E-state index in [-0.39, 0.29) is 33.8 Å². The standard InChI is InChI=1S/C65H68BN3O/c1-39-34-48-49(65(13,14)33-32-64(48,11)12)38-52(39)68-53-37-45(67(43-26-22-40(23-27-43)61(2,3)4)44-28-24-41(25-29-44)62(5,6)7)30-31-50(53)66-51-20-17-19-47-57-46-18-15-16-21-56(46)70-60(57)69(59(47)51)55-36-42(63(8,9)10)35-54(68)58(55)66/h15-31,34-38H,32-33H2,1-14H3. The van der Waals surface area contributed by atoms with Crippen molar-refractivity contribution in [2.45, 2.75) is 137 Å². The number of hydrogen-bond acceptors (Lipinski definition) is 3. The predicted molar refractivity (Wildman–Crippen MR) is 301 cm³/mol. The van der Waals surface area contributed by atoms with Crippen LogP contribution in [0.5, 0.6) is 0 Å². The highest BCUT2D eigenvalue weighted by Gasteiger charge is 2.45. The third kappa shape index (κ3) is 6.62. The predicted octanol–water partition coefficient (Wildman–Crippen LogP) is 16.2. The summed E-state index contributed by atoms with van der Waals surface area (Å²) in [6.07, 6.45) is 2.33. The van der Waals surface area contributed by atoms with Crippen molar-refractivity contribution in [1.82, 2.24) is 4.57 Å². The van der Waals surface area contributed by atoms with Crippen molar-refractivity contribution < 1.29 is 4.42 Å². The lowest BCUT2D eigenvalue weighted by atomic mass is 9.33. The Morgan fingerprint density at radius 2 is 1.07 bits per heavy atom. The summed E-state index contributed by atoms with van der Waals surface area (Å²) in [5.41, 5.74) is 23.6. The Hall–Kier alpha value is -6.46. The first-order valence-corrected chi connectivity index (χ1v) is 25.8. The van der Waals surface area contributed by atoms with Gasteiger partial charge in [0.1, 0.15) is 5.58 Å². The maximum Gasteiger partial charge on any atom is 0.252 e. The summed E-state index contributed by atoms with van der Waals surface area (Å²) >= 11 is 0. The number of aromatic nitrogens is 1. The molecule has 2 aromatic heterocycles. The molecule has 0 radical (unpaired) electrons. The number of benzene rings is 7. The minimum Gasteiger partial charge on any atom is -0.439 e. The Morgan fingerprint density at radius 1 is 0.514 bits per heavy atom. The van der Waals surface area contributed by atoms with Crippen LogP contribution in [-0.4, -0.2) is 11.3 Å². The number of anilines is 6. The zero-order chi connectivity index (χ0) is 49.2. The molecule has 0 atom stereocenters. The molecule has 0 saturated carbocycles. The van der Waals surface area contributed by atoms with Crippen molar-refractivity contribution in [3.8, 4) is 5.69 Å². The zero-order valence-corrected chi connectivity index (χ0v) is 43.9. The van der Waals surface area contributed by atoms with Crippen LogP contribution < -0.4 is 26.2 Å². The van der Waals surface area contributed by atoms with Gasteiger partial charge in [0.15, 0.2) is 0 Å². The van der Waals surface area contributed by atoms with Gasteiger partial charge in [-0.3, -0.25) is 4.57 Å². The first-order chi connectivity index (χ1) is 33.0. The van der Waals surface area contributed by atoms with Gasteiger partial charge in [0, 0.05) is 50.6 Å². The normalized spacial score (nSPS) is 15.9. The molecule has 0 N–H and O–H groups in total. The fourth-order valence-electron chi connectivity index (χ4n) is 12.3. The van der Waals surface area contributed by atoms with Gasteiger partial charge < -0.3 is 14.2 Å². The third-order valence-corrected chi connectivity index (χ3v) is 16.6. The molecule has 0 amide bonds.